The van der Waals surface area contributed by atoms with E-state index in [4.69, 9.17) is 4.74 Å². The highest BCUT2D eigenvalue weighted by molar-refractivity contribution is 7.51. The van der Waals surface area contributed by atoms with Gasteiger partial charge in [-0.3, -0.25) is 14.4 Å². The van der Waals surface area contributed by atoms with Gasteiger partial charge < -0.3 is 14.5 Å². The summed E-state index contributed by atoms with van der Waals surface area (Å²) in [5.74, 6) is 0.514. The van der Waals surface area contributed by atoms with E-state index in [1.165, 1.54) is 6.20 Å². The molecule has 210 valence electrons. The molecular formula is C31H40FN2O4P. The van der Waals surface area contributed by atoms with Crippen molar-refractivity contribution < 1.29 is 23.5 Å². The second-order valence-corrected chi connectivity index (χ2v) is 13.0. The number of halogens is 1. The normalized spacial score (nSPS) is 14.8. The van der Waals surface area contributed by atoms with Crippen LogP contribution in [0.5, 0.6) is 5.75 Å². The smallest absolute Gasteiger partial charge is 0.326 e. The van der Waals surface area contributed by atoms with E-state index < -0.39 is 7.60 Å². The first-order chi connectivity index (χ1) is 18.4. The molecule has 1 heterocycles. The lowest BCUT2D eigenvalue weighted by atomic mass is 9.94. The van der Waals surface area contributed by atoms with Crippen LogP contribution in [0.3, 0.4) is 0 Å². The molecule has 0 aliphatic heterocycles. The van der Waals surface area contributed by atoms with Crippen LogP contribution in [-0.4, -0.2) is 37.9 Å². The van der Waals surface area contributed by atoms with Gasteiger partial charge >= 0.3 is 7.60 Å². The molecule has 0 radical (unpaired) electrons. The molecule has 1 aromatic heterocycles. The van der Waals surface area contributed by atoms with Crippen molar-refractivity contribution in [3.63, 3.8) is 0 Å². The Hall–Kier alpha value is -2.57. The topological polar surface area (TPSA) is 82.9 Å². The van der Waals surface area contributed by atoms with E-state index in [9.17, 15) is 18.7 Å². The van der Waals surface area contributed by atoms with Gasteiger partial charge in [0.1, 0.15) is 18.2 Å². The lowest BCUT2D eigenvalue weighted by Gasteiger charge is -2.31. The van der Waals surface area contributed by atoms with Gasteiger partial charge in [-0.2, -0.15) is 0 Å². The summed E-state index contributed by atoms with van der Waals surface area (Å²) in [7, 11) is -4.11. The average Bonchev–Trinajstić information content (AvgIpc) is 3.71. The highest BCUT2D eigenvalue weighted by Crippen LogP contribution is 2.50. The van der Waals surface area contributed by atoms with Crippen LogP contribution in [0.15, 0.2) is 54.7 Å². The Morgan fingerprint density at radius 1 is 1.05 bits per heavy atom. The maximum atomic E-state index is 14.9. The Bertz CT molecular complexity index is 1330. The summed E-state index contributed by atoms with van der Waals surface area (Å²) in [5.41, 5.74) is 4.97. The average molecular weight is 555 g/mol. The van der Waals surface area contributed by atoms with E-state index in [1.54, 1.807) is 6.07 Å². The Morgan fingerprint density at radius 2 is 1.77 bits per heavy atom. The minimum atomic E-state index is -4.11. The second-order valence-electron chi connectivity index (χ2n) is 11.3. The van der Waals surface area contributed by atoms with Gasteiger partial charge in [-0.15, -0.1) is 0 Å². The molecule has 0 amide bonds. The molecule has 1 unspecified atom stereocenters. The number of aryl methyl sites for hydroxylation is 1. The van der Waals surface area contributed by atoms with Crippen LogP contribution in [0.25, 0.3) is 11.1 Å². The third-order valence-electron chi connectivity index (χ3n) is 7.45. The first kappa shape index (κ1) is 29.4. The Morgan fingerprint density at radius 3 is 2.41 bits per heavy atom. The molecule has 2 aromatic carbocycles. The monoisotopic (exact) mass is 554 g/mol. The van der Waals surface area contributed by atoms with Crippen molar-refractivity contribution in [2.24, 2.45) is 5.92 Å². The molecule has 1 atom stereocenters. The van der Waals surface area contributed by atoms with Gasteiger partial charge in [0.25, 0.3) is 0 Å². The van der Waals surface area contributed by atoms with Crippen molar-refractivity contribution in [1.29, 1.82) is 0 Å². The zero-order chi connectivity index (χ0) is 28.3. The molecule has 8 heteroatoms. The lowest BCUT2D eigenvalue weighted by molar-refractivity contribution is 0.166. The Labute approximate surface area is 231 Å². The first-order valence-corrected chi connectivity index (χ1v) is 15.5. The van der Waals surface area contributed by atoms with Crippen LogP contribution < -0.4 is 4.74 Å². The van der Waals surface area contributed by atoms with Crippen LogP contribution in [-0.2, 0) is 17.7 Å². The number of rotatable bonds is 12. The quantitative estimate of drug-likeness (QED) is 0.233. The predicted octanol–water partition coefficient (Wildman–Crippen LogP) is 7.07. The number of nitrogens with zero attached hydrogens (tertiary/aromatic N) is 2. The lowest BCUT2D eigenvalue weighted by Crippen LogP contribution is -2.36. The number of pyridine rings is 1. The molecule has 1 saturated carbocycles. The van der Waals surface area contributed by atoms with E-state index in [0.29, 0.717) is 42.5 Å². The van der Waals surface area contributed by atoms with Crippen molar-refractivity contribution in [2.45, 2.75) is 78.6 Å². The van der Waals surface area contributed by atoms with E-state index in [0.717, 1.165) is 40.8 Å². The molecule has 6 nitrogen and oxygen atoms in total. The SMILES string of the molecule is Cc1cc(-c2ccc(OCc3cccc(C(CP(=O)(O)O)C4CC4)c3)cc2CN(C(C)C)C(C)C)c(F)cn1. The van der Waals surface area contributed by atoms with Gasteiger partial charge in [0.05, 0.1) is 12.4 Å². The molecule has 1 fully saturated rings. The molecule has 0 saturated heterocycles. The van der Waals surface area contributed by atoms with Crippen LogP contribution >= 0.6 is 7.60 Å². The van der Waals surface area contributed by atoms with Gasteiger partial charge in [-0.25, -0.2) is 4.39 Å². The maximum Gasteiger partial charge on any atom is 0.326 e. The summed E-state index contributed by atoms with van der Waals surface area (Å²) in [6.45, 7) is 11.5. The van der Waals surface area contributed by atoms with Crippen LogP contribution in [0, 0.1) is 18.7 Å². The summed E-state index contributed by atoms with van der Waals surface area (Å²) in [5, 5.41) is 0. The van der Waals surface area contributed by atoms with Crippen molar-refractivity contribution >= 4 is 7.60 Å². The second kappa shape index (κ2) is 12.3. The summed E-state index contributed by atoms with van der Waals surface area (Å²) in [6, 6.07) is 16.0. The summed E-state index contributed by atoms with van der Waals surface area (Å²) in [6.07, 6.45) is 3.15. The zero-order valence-electron chi connectivity index (χ0n) is 23.5. The summed E-state index contributed by atoms with van der Waals surface area (Å²) < 4.78 is 32.8. The molecule has 3 aromatic rings. The van der Waals surface area contributed by atoms with Gasteiger partial charge in [-0.05, 0) is 99.7 Å². The molecule has 4 rings (SSSR count). The standard InChI is InChI=1S/C31H40FN2O4P/c1-20(2)34(21(3)4)17-26-15-27(11-12-28(26)29-13-22(5)33-16-31(29)32)38-18-23-7-6-8-25(14-23)30(24-9-10-24)19-39(35,36)37/h6-8,11-16,20-21,24,30H,9-10,17-19H2,1-5H3,(H2,35,36,37). The molecule has 39 heavy (non-hydrogen) atoms. The van der Waals surface area contributed by atoms with Gasteiger partial charge in [0.2, 0.25) is 0 Å². The van der Waals surface area contributed by atoms with Crippen LogP contribution in [0.2, 0.25) is 0 Å². The highest BCUT2D eigenvalue weighted by Gasteiger charge is 2.36. The largest absolute Gasteiger partial charge is 0.489 e. The van der Waals surface area contributed by atoms with Crippen molar-refractivity contribution in [2.75, 3.05) is 6.16 Å². The number of ether oxygens (including phenoxy) is 1. The van der Waals surface area contributed by atoms with E-state index >= 15 is 0 Å². The molecule has 0 spiro atoms. The maximum absolute atomic E-state index is 14.9. The fourth-order valence-corrected chi connectivity index (χ4v) is 6.34. The van der Waals surface area contributed by atoms with Gasteiger partial charge in [-0.1, -0.05) is 30.3 Å². The zero-order valence-corrected chi connectivity index (χ0v) is 24.4. The fraction of sp³-hybridized carbons (Fsp3) is 0.452. The molecular weight excluding hydrogens is 514 g/mol. The van der Waals surface area contributed by atoms with Crippen molar-refractivity contribution in [3.05, 3.63) is 82.9 Å². The number of aromatic nitrogens is 1. The van der Waals surface area contributed by atoms with E-state index in [1.807, 2.05) is 49.4 Å². The minimum absolute atomic E-state index is 0.125. The third kappa shape index (κ3) is 7.98. The van der Waals surface area contributed by atoms with Gasteiger partial charge in [0.15, 0.2) is 0 Å². The highest BCUT2D eigenvalue weighted by atomic mass is 31.2. The first-order valence-electron chi connectivity index (χ1n) is 13.7. The summed E-state index contributed by atoms with van der Waals surface area (Å²) in [4.78, 5) is 25.6. The van der Waals surface area contributed by atoms with Crippen LogP contribution in [0.1, 0.15) is 68.8 Å². The number of hydrogen-bond donors (Lipinski definition) is 2. The third-order valence-corrected chi connectivity index (χ3v) is 8.32. The molecule has 2 N–H and O–H groups in total. The van der Waals surface area contributed by atoms with E-state index in [-0.39, 0.29) is 17.9 Å². The fourth-order valence-electron chi connectivity index (χ4n) is 5.32. The minimum Gasteiger partial charge on any atom is -0.489 e. The molecule has 1 aliphatic rings. The summed E-state index contributed by atoms with van der Waals surface area (Å²) >= 11 is 0. The van der Waals surface area contributed by atoms with Crippen molar-refractivity contribution in [1.82, 2.24) is 9.88 Å². The molecule has 0 bridgehead atoms. The Balaban J connectivity index is 1.60. The number of benzene rings is 2. The number of hydrogen-bond acceptors (Lipinski definition) is 4. The van der Waals surface area contributed by atoms with E-state index in [2.05, 4.69) is 37.6 Å². The predicted molar refractivity (Wildman–Crippen MR) is 153 cm³/mol. The Kier molecular flexibility index (Phi) is 9.28. The van der Waals surface area contributed by atoms with Gasteiger partial charge in [0, 0.05) is 29.9 Å². The van der Waals surface area contributed by atoms with Crippen LogP contribution in [0.4, 0.5) is 4.39 Å². The molecule has 1 aliphatic carbocycles. The van der Waals surface area contributed by atoms with Crippen molar-refractivity contribution in [3.8, 4) is 16.9 Å².